The van der Waals surface area contributed by atoms with Crippen LogP contribution in [0.2, 0.25) is 0 Å². The summed E-state index contributed by atoms with van der Waals surface area (Å²) in [6, 6.07) is 15.5. The van der Waals surface area contributed by atoms with Crippen LogP contribution in [0.5, 0.6) is 0 Å². The van der Waals surface area contributed by atoms with Crippen molar-refractivity contribution in [3.8, 4) is 0 Å². The molecule has 2 saturated heterocycles. The Morgan fingerprint density at radius 3 is 2.40 bits per heavy atom. The van der Waals surface area contributed by atoms with E-state index in [1.807, 2.05) is 18.2 Å². The second-order valence-corrected chi connectivity index (χ2v) is 6.23. The molecule has 0 saturated carbocycles. The third-order valence-electron chi connectivity index (χ3n) is 4.88. The van der Waals surface area contributed by atoms with Crippen molar-refractivity contribution in [2.75, 3.05) is 0 Å². The zero-order chi connectivity index (χ0) is 13.5. The molecule has 2 aromatic rings. The molecule has 0 aliphatic carbocycles. The van der Waals surface area contributed by atoms with Gasteiger partial charge in [-0.15, -0.1) is 0 Å². The highest BCUT2D eigenvalue weighted by atomic mass is 16.1. The molecule has 4 rings (SSSR count). The highest BCUT2D eigenvalue weighted by Gasteiger charge is 2.36. The number of carbonyl (C=O) groups is 1. The van der Waals surface area contributed by atoms with Crippen molar-refractivity contribution in [2.24, 2.45) is 5.92 Å². The van der Waals surface area contributed by atoms with Crippen LogP contribution in [0.4, 0.5) is 0 Å². The molecular weight excluding hydrogens is 246 g/mol. The minimum atomic E-state index is 0.218. The second-order valence-electron chi connectivity index (χ2n) is 6.23. The summed E-state index contributed by atoms with van der Waals surface area (Å²) >= 11 is 0. The van der Waals surface area contributed by atoms with Crippen LogP contribution in [0, 0.1) is 5.92 Å². The number of benzene rings is 2. The van der Waals surface area contributed by atoms with Gasteiger partial charge in [-0.1, -0.05) is 36.4 Å². The van der Waals surface area contributed by atoms with Crippen LogP contribution in [0.25, 0.3) is 10.8 Å². The summed E-state index contributed by atoms with van der Waals surface area (Å²) in [6.07, 6.45) is 4.52. The minimum absolute atomic E-state index is 0.218. The highest BCUT2D eigenvalue weighted by molar-refractivity contribution is 6.01. The van der Waals surface area contributed by atoms with Crippen molar-refractivity contribution in [1.82, 2.24) is 5.32 Å². The van der Waals surface area contributed by atoms with Gasteiger partial charge in [0.15, 0.2) is 5.78 Å². The number of fused-ring (bicyclic) bond motifs is 3. The second kappa shape index (κ2) is 4.71. The Kier molecular flexibility index (Phi) is 2.85. The molecule has 2 unspecified atom stereocenters. The van der Waals surface area contributed by atoms with Crippen molar-refractivity contribution in [3.63, 3.8) is 0 Å². The predicted molar refractivity (Wildman–Crippen MR) is 80.9 cm³/mol. The van der Waals surface area contributed by atoms with E-state index in [4.69, 9.17) is 0 Å². The molecule has 0 radical (unpaired) electrons. The Balaban J connectivity index is 1.63. The first-order valence-corrected chi connectivity index (χ1v) is 7.59. The third kappa shape index (κ3) is 2.04. The van der Waals surface area contributed by atoms with E-state index in [1.54, 1.807) is 0 Å². The maximum absolute atomic E-state index is 12.7. The number of rotatable bonds is 2. The van der Waals surface area contributed by atoms with Gasteiger partial charge in [0, 0.05) is 23.6 Å². The average Bonchev–Trinajstić information content (AvgIpc) is 2.84. The predicted octanol–water partition coefficient (Wildman–Crippen LogP) is 3.55. The van der Waals surface area contributed by atoms with Gasteiger partial charge in [-0.25, -0.2) is 0 Å². The molecule has 2 nitrogen and oxygen atoms in total. The SMILES string of the molecule is O=C(c1ccc2ccccc2c1)C1CC2CCC(C1)N2. The summed E-state index contributed by atoms with van der Waals surface area (Å²) in [5.41, 5.74) is 0.884. The van der Waals surface area contributed by atoms with E-state index in [-0.39, 0.29) is 5.92 Å². The largest absolute Gasteiger partial charge is 0.311 e. The van der Waals surface area contributed by atoms with Crippen molar-refractivity contribution in [2.45, 2.75) is 37.8 Å². The molecule has 2 aliphatic rings. The Bertz CT molecular complexity index is 651. The highest BCUT2D eigenvalue weighted by Crippen LogP contribution is 2.33. The topological polar surface area (TPSA) is 29.1 Å². The fraction of sp³-hybridized carbons (Fsp3) is 0.389. The molecule has 2 heterocycles. The van der Waals surface area contributed by atoms with E-state index in [2.05, 4.69) is 29.6 Å². The van der Waals surface area contributed by atoms with Gasteiger partial charge in [0.05, 0.1) is 0 Å². The van der Waals surface area contributed by atoms with Gasteiger partial charge in [0.2, 0.25) is 0 Å². The summed E-state index contributed by atoms with van der Waals surface area (Å²) in [5.74, 6) is 0.559. The number of nitrogens with one attached hydrogen (secondary N) is 1. The lowest BCUT2D eigenvalue weighted by molar-refractivity contribution is 0.0876. The molecule has 2 heteroatoms. The summed E-state index contributed by atoms with van der Waals surface area (Å²) in [6.45, 7) is 0. The molecule has 1 N–H and O–H groups in total. The van der Waals surface area contributed by atoms with Crippen LogP contribution < -0.4 is 5.32 Å². The molecule has 2 atom stereocenters. The van der Waals surface area contributed by atoms with Crippen LogP contribution in [0.1, 0.15) is 36.0 Å². The Morgan fingerprint density at radius 1 is 0.950 bits per heavy atom. The fourth-order valence-corrected chi connectivity index (χ4v) is 3.85. The Hall–Kier alpha value is -1.67. The van der Waals surface area contributed by atoms with Crippen LogP contribution in [0.3, 0.4) is 0 Å². The minimum Gasteiger partial charge on any atom is -0.311 e. The van der Waals surface area contributed by atoms with Crippen LogP contribution >= 0.6 is 0 Å². The maximum Gasteiger partial charge on any atom is 0.166 e. The van der Waals surface area contributed by atoms with Crippen LogP contribution in [0.15, 0.2) is 42.5 Å². The number of ketones is 1. The molecule has 0 amide bonds. The van der Waals surface area contributed by atoms with Gasteiger partial charge in [-0.3, -0.25) is 4.79 Å². The van der Waals surface area contributed by atoms with Gasteiger partial charge >= 0.3 is 0 Å². The molecular formula is C18H19NO. The zero-order valence-electron chi connectivity index (χ0n) is 11.5. The molecule has 2 fully saturated rings. The lowest BCUT2D eigenvalue weighted by Crippen LogP contribution is -2.40. The summed E-state index contributed by atoms with van der Waals surface area (Å²) in [5, 5.41) is 5.97. The van der Waals surface area contributed by atoms with Gasteiger partial charge in [-0.05, 0) is 42.5 Å². The van der Waals surface area contributed by atoms with E-state index in [9.17, 15) is 4.79 Å². The monoisotopic (exact) mass is 265 g/mol. The first-order chi connectivity index (χ1) is 9.79. The van der Waals surface area contributed by atoms with Gasteiger partial charge in [0.25, 0.3) is 0 Å². The Morgan fingerprint density at radius 2 is 1.65 bits per heavy atom. The first-order valence-electron chi connectivity index (χ1n) is 7.59. The normalized spacial score (nSPS) is 28.7. The van der Waals surface area contributed by atoms with E-state index in [0.29, 0.717) is 17.9 Å². The van der Waals surface area contributed by atoms with Gasteiger partial charge in [0.1, 0.15) is 0 Å². The number of hydrogen-bond donors (Lipinski definition) is 1. The molecule has 0 aromatic heterocycles. The number of piperidine rings is 1. The summed E-state index contributed by atoms with van der Waals surface area (Å²) in [7, 11) is 0. The van der Waals surface area contributed by atoms with E-state index >= 15 is 0 Å². The smallest absolute Gasteiger partial charge is 0.166 e. The van der Waals surface area contributed by atoms with Gasteiger partial charge in [-0.2, -0.15) is 0 Å². The van der Waals surface area contributed by atoms with E-state index < -0.39 is 0 Å². The van der Waals surface area contributed by atoms with Crippen LogP contribution in [-0.4, -0.2) is 17.9 Å². The lowest BCUT2D eigenvalue weighted by atomic mass is 9.85. The molecule has 0 spiro atoms. The van der Waals surface area contributed by atoms with E-state index in [1.165, 1.54) is 18.2 Å². The molecule has 2 bridgehead atoms. The lowest BCUT2D eigenvalue weighted by Gasteiger charge is -2.28. The number of hydrogen-bond acceptors (Lipinski definition) is 2. The van der Waals surface area contributed by atoms with Crippen molar-refractivity contribution in [1.29, 1.82) is 0 Å². The first kappa shape index (κ1) is 12.1. The number of carbonyl (C=O) groups excluding carboxylic acids is 1. The Labute approximate surface area is 119 Å². The van der Waals surface area contributed by atoms with Gasteiger partial charge < -0.3 is 5.32 Å². The zero-order valence-corrected chi connectivity index (χ0v) is 11.5. The molecule has 20 heavy (non-hydrogen) atoms. The summed E-state index contributed by atoms with van der Waals surface area (Å²) < 4.78 is 0. The fourth-order valence-electron chi connectivity index (χ4n) is 3.85. The quantitative estimate of drug-likeness (QED) is 0.841. The van der Waals surface area contributed by atoms with Crippen LogP contribution in [-0.2, 0) is 0 Å². The number of Topliss-reactive ketones (excluding diaryl/α,β-unsaturated/α-hetero) is 1. The molecule has 2 aliphatic heterocycles. The summed E-state index contributed by atoms with van der Waals surface area (Å²) in [4.78, 5) is 12.7. The standard InChI is InChI=1S/C18H19NO/c20-18(15-10-16-7-8-17(11-15)19-16)14-6-5-12-3-1-2-4-13(12)9-14/h1-6,9,15-17,19H,7-8,10-11H2. The maximum atomic E-state index is 12.7. The van der Waals surface area contributed by atoms with E-state index in [0.717, 1.165) is 23.8 Å². The average molecular weight is 265 g/mol. The molecule has 102 valence electrons. The van der Waals surface area contributed by atoms with Crippen molar-refractivity contribution < 1.29 is 4.79 Å². The van der Waals surface area contributed by atoms with Crippen molar-refractivity contribution >= 4 is 16.6 Å². The third-order valence-corrected chi connectivity index (χ3v) is 4.88. The van der Waals surface area contributed by atoms with Crippen molar-refractivity contribution in [3.05, 3.63) is 48.0 Å². The molecule has 2 aromatic carbocycles.